The Bertz CT molecular complexity index is 853. The number of amides is 1. The van der Waals surface area contributed by atoms with E-state index in [1.54, 1.807) is 45.0 Å². The van der Waals surface area contributed by atoms with Gasteiger partial charge in [0.2, 0.25) is 0 Å². The van der Waals surface area contributed by atoms with Gasteiger partial charge in [-0.2, -0.15) is 5.11 Å². The minimum absolute atomic E-state index is 0.215. The highest BCUT2D eigenvalue weighted by Gasteiger charge is 2.18. The first-order valence-corrected chi connectivity index (χ1v) is 8.94. The summed E-state index contributed by atoms with van der Waals surface area (Å²) in [5, 5.41) is 11.0. The molecule has 2 aromatic rings. The fourth-order valence-electron chi connectivity index (χ4n) is 2.31. The van der Waals surface area contributed by atoms with E-state index < -0.39 is 17.5 Å². The van der Waals surface area contributed by atoms with Gasteiger partial charge in [-0.1, -0.05) is 12.1 Å². The van der Waals surface area contributed by atoms with Crippen molar-refractivity contribution in [3.63, 3.8) is 0 Å². The van der Waals surface area contributed by atoms with Crippen LogP contribution in [-0.4, -0.2) is 38.1 Å². The molecule has 2 aromatic carbocycles. The minimum Gasteiger partial charge on any atom is -0.459 e. The van der Waals surface area contributed by atoms with Crippen molar-refractivity contribution in [1.82, 2.24) is 5.32 Å². The third-order valence-electron chi connectivity index (χ3n) is 3.60. The number of rotatable bonds is 6. The second-order valence-electron chi connectivity index (χ2n) is 7.40. The fraction of sp³-hybridized carbons (Fsp3) is 0.333. The average molecular weight is 382 g/mol. The van der Waals surface area contributed by atoms with Gasteiger partial charge >= 0.3 is 5.97 Å². The Morgan fingerprint density at radius 2 is 1.64 bits per heavy atom. The summed E-state index contributed by atoms with van der Waals surface area (Å²) in [6, 6.07) is 14.4. The van der Waals surface area contributed by atoms with E-state index in [0.29, 0.717) is 16.9 Å². The highest BCUT2D eigenvalue weighted by molar-refractivity contribution is 6.00. The normalized spacial score (nSPS) is 11.3. The Labute approximate surface area is 165 Å². The van der Waals surface area contributed by atoms with E-state index in [9.17, 15) is 9.59 Å². The van der Waals surface area contributed by atoms with Crippen molar-refractivity contribution in [3.8, 4) is 0 Å². The number of hydrogen-bond donors (Lipinski definition) is 1. The topological polar surface area (TPSA) is 83.4 Å². The van der Waals surface area contributed by atoms with Gasteiger partial charge in [-0.3, -0.25) is 9.59 Å². The molecular weight excluding hydrogens is 356 g/mol. The van der Waals surface area contributed by atoms with E-state index in [0.717, 1.165) is 5.69 Å². The molecular formula is C21H26N4O3. The molecule has 0 saturated carbocycles. The van der Waals surface area contributed by atoms with Crippen molar-refractivity contribution in [2.24, 2.45) is 10.2 Å². The summed E-state index contributed by atoms with van der Waals surface area (Å²) < 4.78 is 5.19. The molecule has 0 bridgehead atoms. The molecule has 0 spiro atoms. The van der Waals surface area contributed by atoms with Crippen LogP contribution in [0.15, 0.2) is 58.8 Å². The maximum atomic E-state index is 12.4. The highest BCUT2D eigenvalue weighted by atomic mass is 16.6. The van der Waals surface area contributed by atoms with Gasteiger partial charge in [0, 0.05) is 19.8 Å². The lowest BCUT2D eigenvalue weighted by Gasteiger charge is -2.19. The lowest BCUT2D eigenvalue weighted by atomic mass is 10.1. The molecule has 0 unspecified atom stereocenters. The third-order valence-corrected chi connectivity index (χ3v) is 3.60. The largest absolute Gasteiger partial charge is 0.459 e. The maximum Gasteiger partial charge on any atom is 0.325 e. The quantitative estimate of drug-likeness (QED) is 0.598. The summed E-state index contributed by atoms with van der Waals surface area (Å²) in [6.45, 7) is 5.10. The van der Waals surface area contributed by atoms with Gasteiger partial charge in [-0.25, -0.2) is 0 Å². The fourth-order valence-corrected chi connectivity index (χ4v) is 2.31. The van der Waals surface area contributed by atoms with Crippen molar-refractivity contribution in [3.05, 3.63) is 54.1 Å². The molecule has 1 amide bonds. The molecule has 0 aliphatic carbocycles. The van der Waals surface area contributed by atoms with E-state index in [1.807, 2.05) is 43.3 Å². The summed E-state index contributed by atoms with van der Waals surface area (Å²) in [4.78, 5) is 26.2. The number of azo groups is 1. The van der Waals surface area contributed by atoms with E-state index in [1.165, 1.54) is 0 Å². The van der Waals surface area contributed by atoms with Crippen LogP contribution < -0.4 is 10.2 Å². The summed E-state index contributed by atoms with van der Waals surface area (Å²) >= 11 is 0. The Kier molecular flexibility index (Phi) is 6.87. The number of carbonyl (C=O) groups excluding carboxylic acids is 2. The molecule has 148 valence electrons. The van der Waals surface area contributed by atoms with E-state index in [2.05, 4.69) is 15.5 Å². The van der Waals surface area contributed by atoms with Gasteiger partial charge < -0.3 is 15.0 Å². The smallest absolute Gasteiger partial charge is 0.325 e. The Morgan fingerprint density at radius 3 is 2.25 bits per heavy atom. The van der Waals surface area contributed by atoms with Gasteiger partial charge in [0.15, 0.2) is 0 Å². The third kappa shape index (κ3) is 6.50. The van der Waals surface area contributed by atoms with Crippen LogP contribution in [0.3, 0.4) is 0 Å². The molecule has 0 aliphatic heterocycles. The summed E-state index contributed by atoms with van der Waals surface area (Å²) in [5.74, 6) is -0.913. The number of carbonyl (C=O) groups is 2. The summed E-state index contributed by atoms with van der Waals surface area (Å²) in [7, 11) is 3.92. The van der Waals surface area contributed by atoms with Gasteiger partial charge in [0.1, 0.15) is 12.1 Å². The van der Waals surface area contributed by atoms with E-state index in [4.69, 9.17) is 4.74 Å². The molecule has 0 heterocycles. The molecule has 2 rings (SSSR count). The number of hydrogen-bond acceptors (Lipinski definition) is 6. The maximum absolute atomic E-state index is 12.4. The van der Waals surface area contributed by atoms with Gasteiger partial charge in [-0.15, -0.1) is 5.11 Å². The Balaban J connectivity index is 2.07. The molecule has 0 saturated heterocycles. The standard InChI is InChI=1S/C21H26N4O3/c1-21(2,3)28-19(26)14-22-20(27)17-8-6-7-9-18(17)24-23-15-10-12-16(13-11-15)25(4)5/h6-13H,14H2,1-5H3,(H,22,27). The zero-order valence-corrected chi connectivity index (χ0v) is 16.9. The average Bonchev–Trinajstić information content (AvgIpc) is 2.63. The molecule has 0 aliphatic rings. The molecule has 0 fully saturated rings. The first-order valence-electron chi connectivity index (χ1n) is 8.94. The van der Waals surface area contributed by atoms with Crippen molar-refractivity contribution in [2.45, 2.75) is 26.4 Å². The SMILES string of the molecule is CN(C)c1ccc(N=Nc2ccccc2C(=O)NCC(=O)OC(C)(C)C)cc1. The zero-order chi connectivity index (χ0) is 20.7. The molecule has 7 nitrogen and oxygen atoms in total. The van der Waals surface area contributed by atoms with E-state index >= 15 is 0 Å². The number of nitrogens with one attached hydrogen (secondary N) is 1. The van der Waals surface area contributed by atoms with Crippen LogP contribution in [0.2, 0.25) is 0 Å². The van der Waals surface area contributed by atoms with Crippen molar-refractivity contribution in [1.29, 1.82) is 0 Å². The van der Waals surface area contributed by atoms with Crippen LogP contribution in [0, 0.1) is 0 Å². The van der Waals surface area contributed by atoms with Gasteiger partial charge in [-0.05, 0) is 57.2 Å². The van der Waals surface area contributed by atoms with Crippen LogP contribution >= 0.6 is 0 Å². The van der Waals surface area contributed by atoms with Crippen LogP contribution in [-0.2, 0) is 9.53 Å². The predicted octanol–water partition coefficient (Wildman–Crippen LogP) is 4.24. The van der Waals surface area contributed by atoms with Crippen molar-refractivity contribution >= 4 is 28.9 Å². The molecule has 1 N–H and O–H groups in total. The molecule has 0 radical (unpaired) electrons. The predicted molar refractivity (Wildman–Crippen MR) is 110 cm³/mol. The first-order chi connectivity index (χ1) is 13.2. The second kappa shape index (κ2) is 9.12. The van der Waals surface area contributed by atoms with E-state index in [-0.39, 0.29) is 6.54 Å². The lowest BCUT2D eigenvalue weighted by Crippen LogP contribution is -2.34. The van der Waals surface area contributed by atoms with Gasteiger partial charge in [0.25, 0.3) is 5.91 Å². The second-order valence-corrected chi connectivity index (χ2v) is 7.40. The van der Waals surface area contributed by atoms with Gasteiger partial charge in [0.05, 0.1) is 16.9 Å². The summed E-state index contributed by atoms with van der Waals surface area (Å²) in [6.07, 6.45) is 0. The number of nitrogens with zero attached hydrogens (tertiary/aromatic N) is 3. The van der Waals surface area contributed by atoms with Crippen molar-refractivity contribution < 1.29 is 14.3 Å². The Hall–Kier alpha value is -3.22. The van der Waals surface area contributed by atoms with Crippen molar-refractivity contribution in [2.75, 3.05) is 25.5 Å². The molecule has 7 heteroatoms. The monoisotopic (exact) mass is 382 g/mol. The highest BCUT2D eigenvalue weighted by Crippen LogP contribution is 2.24. The number of esters is 1. The molecule has 28 heavy (non-hydrogen) atoms. The zero-order valence-electron chi connectivity index (χ0n) is 16.9. The minimum atomic E-state index is -0.601. The molecule has 0 atom stereocenters. The molecule has 0 aromatic heterocycles. The van der Waals surface area contributed by atoms with Crippen LogP contribution in [0.25, 0.3) is 0 Å². The van der Waals surface area contributed by atoms with Crippen LogP contribution in [0.1, 0.15) is 31.1 Å². The number of anilines is 1. The first kappa shape index (κ1) is 21.1. The van der Waals surface area contributed by atoms with Crippen LogP contribution in [0.4, 0.5) is 17.1 Å². The Morgan fingerprint density at radius 1 is 1.00 bits per heavy atom. The number of ether oxygens (including phenoxy) is 1. The summed E-state index contributed by atoms with van der Waals surface area (Å²) in [5.41, 5.74) is 1.88. The number of benzene rings is 2. The van der Waals surface area contributed by atoms with Crippen LogP contribution in [0.5, 0.6) is 0 Å². The lowest BCUT2D eigenvalue weighted by molar-refractivity contribution is -0.153.